The number of rotatable bonds is 3. The molecule has 0 radical (unpaired) electrons. The summed E-state index contributed by atoms with van der Waals surface area (Å²) in [6.45, 7) is 4.71. The Bertz CT molecular complexity index is 721. The van der Waals surface area contributed by atoms with Gasteiger partial charge in [0, 0.05) is 31.2 Å². The molecule has 2 N–H and O–H groups in total. The van der Waals surface area contributed by atoms with Crippen molar-refractivity contribution in [3.8, 4) is 11.3 Å². The maximum Gasteiger partial charge on any atom is 0.224 e. The minimum absolute atomic E-state index is 0.132. The number of benzene rings is 1. The molecule has 0 aliphatic carbocycles. The van der Waals surface area contributed by atoms with Crippen molar-refractivity contribution in [1.82, 2.24) is 20.4 Å². The Labute approximate surface area is 142 Å². The summed E-state index contributed by atoms with van der Waals surface area (Å²) in [5, 5.41) is 10.6. The molecule has 1 aromatic heterocycles. The average molecular weight is 324 g/mol. The molecule has 0 saturated carbocycles. The van der Waals surface area contributed by atoms with Crippen LogP contribution in [0.2, 0.25) is 0 Å². The highest BCUT2D eigenvalue weighted by molar-refractivity contribution is 5.79. The summed E-state index contributed by atoms with van der Waals surface area (Å²) in [5.74, 6) is 0.373. The van der Waals surface area contributed by atoms with E-state index in [2.05, 4.69) is 51.6 Å². The fourth-order valence-corrected chi connectivity index (χ4v) is 3.91. The molecule has 0 spiro atoms. The van der Waals surface area contributed by atoms with E-state index in [0.717, 1.165) is 50.2 Å². The highest BCUT2D eigenvalue weighted by atomic mass is 16.2. The van der Waals surface area contributed by atoms with Crippen molar-refractivity contribution < 1.29 is 4.79 Å². The van der Waals surface area contributed by atoms with E-state index < -0.39 is 0 Å². The molecule has 4 rings (SSSR count). The zero-order valence-electron chi connectivity index (χ0n) is 14.1. The number of hydrogen-bond donors (Lipinski definition) is 2. The van der Waals surface area contributed by atoms with E-state index in [1.807, 2.05) is 6.20 Å². The molecule has 1 amide bonds. The van der Waals surface area contributed by atoms with E-state index in [9.17, 15) is 4.79 Å². The molecular formula is C19H24N4O. The van der Waals surface area contributed by atoms with Gasteiger partial charge in [-0.05, 0) is 25.3 Å². The van der Waals surface area contributed by atoms with Gasteiger partial charge in [0.2, 0.25) is 5.91 Å². The Balaban J connectivity index is 1.55. The van der Waals surface area contributed by atoms with Gasteiger partial charge in [0.1, 0.15) is 0 Å². The highest BCUT2D eigenvalue weighted by Gasteiger charge is 2.32. The standard InChI is InChI=1S/C19H24N4O/c1-13-5-7-14(8-6-13)18-16(9-20-22-18)11-23-10-15-3-2-4-17(12-23)21-19(15)24/h5-9,15,17H,2-4,10-12H2,1H3,(H,20,22)(H,21,24)/t15-,17+/m0/s1. The fraction of sp³-hybridized carbons (Fsp3) is 0.474. The number of nitrogens with zero attached hydrogens (tertiary/aromatic N) is 2. The van der Waals surface area contributed by atoms with Crippen molar-refractivity contribution in [3.05, 3.63) is 41.6 Å². The number of carbonyl (C=O) groups excluding carboxylic acids is 1. The van der Waals surface area contributed by atoms with Crippen LogP contribution in [0.4, 0.5) is 0 Å². The lowest BCUT2D eigenvalue weighted by molar-refractivity contribution is -0.124. The molecule has 5 heteroatoms. The first-order chi connectivity index (χ1) is 11.7. The fourth-order valence-electron chi connectivity index (χ4n) is 3.91. The van der Waals surface area contributed by atoms with Crippen LogP contribution in [-0.4, -0.2) is 40.1 Å². The van der Waals surface area contributed by atoms with Gasteiger partial charge in [-0.15, -0.1) is 0 Å². The Morgan fingerprint density at radius 2 is 2.04 bits per heavy atom. The van der Waals surface area contributed by atoms with Gasteiger partial charge in [0.05, 0.1) is 17.8 Å². The van der Waals surface area contributed by atoms with Gasteiger partial charge < -0.3 is 5.32 Å². The first-order valence-electron chi connectivity index (χ1n) is 8.81. The van der Waals surface area contributed by atoms with Crippen molar-refractivity contribution in [2.75, 3.05) is 13.1 Å². The van der Waals surface area contributed by atoms with Gasteiger partial charge in [-0.25, -0.2) is 0 Å². The van der Waals surface area contributed by atoms with Crippen LogP contribution in [0.25, 0.3) is 11.3 Å². The molecule has 24 heavy (non-hydrogen) atoms. The summed E-state index contributed by atoms with van der Waals surface area (Å²) in [4.78, 5) is 14.6. The van der Waals surface area contributed by atoms with Gasteiger partial charge in [-0.2, -0.15) is 5.10 Å². The number of aryl methyl sites for hydroxylation is 1. The monoisotopic (exact) mass is 324 g/mol. The number of hydrogen-bond acceptors (Lipinski definition) is 3. The summed E-state index contributed by atoms with van der Waals surface area (Å²) in [7, 11) is 0. The number of amides is 1. The van der Waals surface area contributed by atoms with Crippen LogP contribution in [-0.2, 0) is 11.3 Å². The van der Waals surface area contributed by atoms with Crippen LogP contribution in [0, 0.1) is 12.8 Å². The second kappa shape index (κ2) is 6.40. The van der Waals surface area contributed by atoms with Crippen molar-refractivity contribution in [2.45, 2.75) is 38.8 Å². The second-order valence-corrected chi connectivity index (χ2v) is 7.16. The normalized spacial score (nSPS) is 24.5. The van der Waals surface area contributed by atoms with Crippen molar-refractivity contribution >= 4 is 5.91 Å². The number of fused-ring (bicyclic) bond motifs is 3. The van der Waals surface area contributed by atoms with Crippen molar-refractivity contribution in [2.24, 2.45) is 5.92 Å². The average Bonchev–Trinajstić information content (AvgIpc) is 2.86. The maximum atomic E-state index is 12.2. The molecule has 5 nitrogen and oxygen atoms in total. The first kappa shape index (κ1) is 15.4. The molecule has 1 aromatic carbocycles. The number of aromatic amines is 1. The van der Waals surface area contributed by atoms with Crippen molar-refractivity contribution in [1.29, 1.82) is 0 Å². The van der Waals surface area contributed by atoms with Crippen LogP contribution in [0.5, 0.6) is 0 Å². The van der Waals surface area contributed by atoms with Crippen LogP contribution in [0.3, 0.4) is 0 Å². The highest BCUT2D eigenvalue weighted by Crippen LogP contribution is 2.26. The van der Waals surface area contributed by atoms with E-state index in [1.165, 1.54) is 11.1 Å². The second-order valence-electron chi connectivity index (χ2n) is 7.16. The van der Waals surface area contributed by atoms with E-state index in [0.29, 0.717) is 6.04 Å². The topological polar surface area (TPSA) is 61.0 Å². The number of aromatic nitrogens is 2. The van der Waals surface area contributed by atoms with Gasteiger partial charge in [-0.1, -0.05) is 36.2 Å². The lowest BCUT2D eigenvalue weighted by Gasteiger charge is -2.27. The summed E-state index contributed by atoms with van der Waals surface area (Å²) in [6, 6.07) is 8.81. The Morgan fingerprint density at radius 1 is 1.21 bits per heavy atom. The predicted octanol–water partition coefficient (Wildman–Crippen LogP) is 2.49. The van der Waals surface area contributed by atoms with Gasteiger partial charge in [0.15, 0.2) is 0 Å². The third kappa shape index (κ3) is 3.08. The Morgan fingerprint density at radius 3 is 2.88 bits per heavy atom. The lowest BCUT2D eigenvalue weighted by Crippen LogP contribution is -2.38. The molecule has 2 atom stereocenters. The molecule has 3 heterocycles. The summed E-state index contributed by atoms with van der Waals surface area (Å²) in [6.07, 6.45) is 5.18. The van der Waals surface area contributed by atoms with Gasteiger partial charge >= 0.3 is 0 Å². The Hall–Kier alpha value is -2.14. The van der Waals surface area contributed by atoms with Crippen LogP contribution < -0.4 is 5.32 Å². The van der Waals surface area contributed by atoms with Crippen LogP contribution in [0.15, 0.2) is 30.5 Å². The summed E-state index contributed by atoms with van der Waals surface area (Å²) in [5.41, 5.74) is 4.71. The minimum Gasteiger partial charge on any atom is -0.352 e. The molecule has 2 aliphatic rings. The molecule has 2 saturated heterocycles. The van der Waals surface area contributed by atoms with Gasteiger partial charge in [0.25, 0.3) is 0 Å². The van der Waals surface area contributed by atoms with E-state index in [4.69, 9.17) is 0 Å². The number of nitrogens with one attached hydrogen (secondary N) is 2. The van der Waals surface area contributed by atoms with Crippen LogP contribution in [0.1, 0.15) is 30.4 Å². The molecule has 0 unspecified atom stereocenters. The zero-order valence-corrected chi connectivity index (χ0v) is 14.1. The lowest BCUT2D eigenvalue weighted by atomic mass is 9.98. The molecule has 2 aromatic rings. The summed E-state index contributed by atoms with van der Waals surface area (Å²) < 4.78 is 0. The Kier molecular flexibility index (Phi) is 4.10. The van der Waals surface area contributed by atoms with Crippen LogP contribution >= 0.6 is 0 Å². The third-order valence-corrected chi connectivity index (χ3v) is 5.23. The largest absolute Gasteiger partial charge is 0.352 e. The quantitative estimate of drug-likeness (QED) is 0.912. The number of likely N-dealkylation sites (tertiary alicyclic amines) is 1. The molecule has 2 aliphatic heterocycles. The minimum atomic E-state index is 0.132. The molecular weight excluding hydrogens is 300 g/mol. The first-order valence-corrected chi connectivity index (χ1v) is 8.81. The summed E-state index contributed by atoms with van der Waals surface area (Å²) >= 11 is 0. The van der Waals surface area contributed by atoms with Gasteiger partial charge in [-0.3, -0.25) is 14.8 Å². The number of H-pyrrole nitrogens is 1. The van der Waals surface area contributed by atoms with E-state index in [1.54, 1.807) is 0 Å². The van der Waals surface area contributed by atoms with Crippen molar-refractivity contribution in [3.63, 3.8) is 0 Å². The maximum absolute atomic E-state index is 12.2. The third-order valence-electron chi connectivity index (χ3n) is 5.23. The van der Waals surface area contributed by atoms with E-state index in [-0.39, 0.29) is 11.8 Å². The molecule has 126 valence electrons. The van der Waals surface area contributed by atoms with E-state index >= 15 is 0 Å². The molecule has 2 bridgehead atoms. The smallest absolute Gasteiger partial charge is 0.224 e. The molecule has 2 fully saturated rings. The SMILES string of the molecule is Cc1ccc(-c2[nH]ncc2CN2C[C@H]3CCC[C@@H](C2)C(=O)N3)cc1. The number of carbonyl (C=O) groups is 1. The zero-order chi connectivity index (χ0) is 16.5. The predicted molar refractivity (Wildman–Crippen MR) is 93.3 cm³/mol.